The molecule has 9 nitrogen and oxygen atoms in total. The molecule has 4 N–H and O–H groups in total. The van der Waals surface area contributed by atoms with Crippen LogP contribution < -0.4 is 11.1 Å². The molecule has 0 unspecified atom stereocenters. The van der Waals surface area contributed by atoms with Crippen LogP contribution >= 0.6 is 0 Å². The number of rotatable bonds is 8. The summed E-state index contributed by atoms with van der Waals surface area (Å²) in [6.07, 6.45) is 0. The van der Waals surface area contributed by atoms with Crippen molar-refractivity contribution < 1.29 is 24.4 Å². The fraction of sp³-hybridized carbons (Fsp3) is 0.273. The highest BCUT2D eigenvalue weighted by molar-refractivity contribution is 5.89. The van der Waals surface area contributed by atoms with Crippen molar-refractivity contribution in [3.63, 3.8) is 0 Å². The third-order valence-corrected chi connectivity index (χ3v) is 2.25. The molecule has 0 aliphatic rings. The number of carbonyl (C=O) groups excluding carboxylic acids is 1. The number of nitrogens with zero attached hydrogens (tertiary/aromatic N) is 1. The maximum Gasteiger partial charge on any atom is 0.335 e. The predicted molar refractivity (Wildman–Crippen MR) is 68.6 cm³/mol. The minimum atomic E-state index is -1.25. The van der Waals surface area contributed by atoms with Gasteiger partial charge < -0.3 is 20.9 Å². The fourth-order valence-electron chi connectivity index (χ4n) is 1.40. The number of benzene rings is 1. The van der Waals surface area contributed by atoms with Crippen molar-refractivity contribution in [2.45, 2.75) is 0 Å². The van der Waals surface area contributed by atoms with Gasteiger partial charge in [-0.2, -0.15) is 0 Å². The number of anilines is 1. The molecule has 20 heavy (non-hydrogen) atoms. The maximum atomic E-state index is 10.9. The van der Waals surface area contributed by atoms with Crippen LogP contribution in [0.4, 0.5) is 11.4 Å². The molecule has 0 fully saturated rings. The lowest BCUT2D eigenvalue weighted by Gasteiger charge is -2.07. The summed E-state index contributed by atoms with van der Waals surface area (Å²) in [4.78, 5) is 31.3. The first-order chi connectivity index (χ1) is 9.41. The summed E-state index contributed by atoms with van der Waals surface area (Å²) in [5.41, 5.74) is 4.51. The molecule has 0 aromatic heterocycles. The van der Waals surface area contributed by atoms with Gasteiger partial charge in [-0.05, 0) is 12.1 Å². The zero-order valence-electron chi connectivity index (χ0n) is 10.4. The van der Waals surface area contributed by atoms with Gasteiger partial charge in [0.15, 0.2) is 0 Å². The van der Waals surface area contributed by atoms with E-state index in [4.69, 9.17) is 15.6 Å². The highest BCUT2D eigenvalue weighted by Gasteiger charge is 2.16. The fourth-order valence-corrected chi connectivity index (χ4v) is 1.40. The van der Waals surface area contributed by atoms with E-state index in [-0.39, 0.29) is 36.7 Å². The Morgan fingerprint density at radius 3 is 2.70 bits per heavy atom. The van der Waals surface area contributed by atoms with Gasteiger partial charge in [0, 0.05) is 12.6 Å². The van der Waals surface area contributed by atoms with Gasteiger partial charge >= 0.3 is 5.97 Å². The SMILES string of the molecule is NC(=O)COCCNc1ccc(C(=O)O)cc1[N+](=O)[O-]. The molecule has 0 spiro atoms. The number of carboxylic acids is 1. The molecule has 108 valence electrons. The maximum absolute atomic E-state index is 10.9. The first kappa shape index (κ1) is 15.4. The summed E-state index contributed by atoms with van der Waals surface area (Å²) >= 11 is 0. The van der Waals surface area contributed by atoms with Crippen molar-refractivity contribution in [2.24, 2.45) is 5.73 Å². The zero-order valence-corrected chi connectivity index (χ0v) is 10.4. The van der Waals surface area contributed by atoms with Crippen LogP contribution in [0.25, 0.3) is 0 Å². The second kappa shape index (κ2) is 7.04. The van der Waals surface area contributed by atoms with Crippen LogP contribution in [-0.4, -0.2) is 41.7 Å². The number of nitro benzene ring substituents is 1. The molecule has 1 aromatic carbocycles. The number of carboxylic acid groups (broad SMARTS) is 1. The van der Waals surface area contributed by atoms with E-state index >= 15 is 0 Å². The summed E-state index contributed by atoms with van der Waals surface area (Å²) in [5.74, 6) is -1.86. The average Bonchev–Trinajstić information content (AvgIpc) is 2.37. The lowest BCUT2D eigenvalue weighted by Crippen LogP contribution is -2.20. The number of aromatic carboxylic acids is 1. The summed E-state index contributed by atoms with van der Waals surface area (Å²) in [5, 5.41) is 22.4. The quantitative estimate of drug-likeness (QED) is 0.351. The van der Waals surface area contributed by atoms with Crippen molar-refractivity contribution in [3.05, 3.63) is 33.9 Å². The highest BCUT2D eigenvalue weighted by atomic mass is 16.6. The average molecular weight is 283 g/mol. The number of primary amides is 1. The Labute approximate surface area is 113 Å². The Bertz CT molecular complexity index is 531. The predicted octanol–water partition coefficient (Wildman–Crippen LogP) is 0.207. The zero-order chi connectivity index (χ0) is 15.1. The molecule has 0 saturated heterocycles. The van der Waals surface area contributed by atoms with Crippen molar-refractivity contribution in [3.8, 4) is 0 Å². The van der Waals surface area contributed by atoms with E-state index in [9.17, 15) is 19.7 Å². The van der Waals surface area contributed by atoms with E-state index in [1.54, 1.807) is 0 Å². The van der Waals surface area contributed by atoms with E-state index < -0.39 is 16.8 Å². The number of nitrogens with one attached hydrogen (secondary N) is 1. The summed E-state index contributed by atoms with van der Waals surface area (Å²) in [6, 6.07) is 3.52. The molecule has 1 rings (SSSR count). The number of amides is 1. The second-order valence-electron chi connectivity index (χ2n) is 3.74. The van der Waals surface area contributed by atoms with Crippen LogP contribution in [0.1, 0.15) is 10.4 Å². The molecule has 1 aromatic rings. The smallest absolute Gasteiger partial charge is 0.335 e. The van der Waals surface area contributed by atoms with Crippen molar-refractivity contribution in [1.29, 1.82) is 0 Å². The molecule has 0 aliphatic heterocycles. The van der Waals surface area contributed by atoms with Crippen LogP contribution in [-0.2, 0) is 9.53 Å². The van der Waals surface area contributed by atoms with E-state index in [2.05, 4.69) is 5.32 Å². The Hall–Kier alpha value is -2.68. The third-order valence-electron chi connectivity index (χ3n) is 2.25. The molecule has 1 amide bonds. The second-order valence-corrected chi connectivity index (χ2v) is 3.74. The molecular formula is C11H13N3O6. The molecule has 0 bridgehead atoms. The van der Waals surface area contributed by atoms with Crippen LogP contribution in [0.2, 0.25) is 0 Å². The minimum Gasteiger partial charge on any atom is -0.478 e. The molecule has 9 heteroatoms. The number of ether oxygens (including phenoxy) is 1. The standard InChI is InChI=1S/C11H13N3O6/c12-10(15)6-20-4-3-13-8-2-1-7(11(16)17)5-9(8)14(18)19/h1-2,5,13H,3-4,6H2,(H2,12,15)(H,16,17). The number of hydrogen-bond acceptors (Lipinski definition) is 6. The largest absolute Gasteiger partial charge is 0.478 e. The lowest BCUT2D eigenvalue weighted by molar-refractivity contribution is -0.384. The van der Waals surface area contributed by atoms with Gasteiger partial charge in [0.2, 0.25) is 5.91 Å². The number of nitro groups is 1. The first-order valence-corrected chi connectivity index (χ1v) is 5.53. The van der Waals surface area contributed by atoms with Gasteiger partial charge in [0.1, 0.15) is 12.3 Å². The van der Waals surface area contributed by atoms with Crippen molar-refractivity contribution >= 4 is 23.3 Å². The lowest BCUT2D eigenvalue weighted by atomic mass is 10.1. The van der Waals surface area contributed by atoms with Gasteiger partial charge in [-0.3, -0.25) is 14.9 Å². The Morgan fingerprint density at radius 2 is 2.15 bits per heavy atom. The third kappa shape index (κ3) is 4.53. The molecule has 0 radical (unpaired) electrons. The van der Waals surface area contributed by atoms with E-state index in [1.807, 2.05) is 0 Å². The Balaban J connectivity index is 2.67. The summed E-state index contributed by atoms with van der Waals surface area (Å²) in [7, 11) is 0. The molecular weight excluding hydrogens is 270 g/mol. The summed E-state index contributed by atoms with van der Waals surface area (Å²) < 4.78 is 4.88. The van der Waals surface area contributed by atoms with E-state index in [0.717, 1.165) is 6.07 Å². The van der Waals surface area contributed by atoms with Crippen molar-refractivity contribution in [1.82, 2.24) is 0 Å². The number of carbonyl (C=O) groups is 2. The number of nitrogens with two attached hydrogens (primary N) is 1. The normalized spacial score (nSPS) is 10.0. The molecule has 0 saturated carbocycles. The topological polar surface area (TPSA) is 145 Å². The van der Waals surface area contributed by atoms with Gasteiger partial charge in [-0.15, -0.1) is 0 Å². The minimum absolute atomic E-state index is 0.126. The van der Waals surface area contributed by atoms with Gasteiger partial charge in [0.25, 0.3) is 5.69 Å². The molecule has 0 atom stereocenters. The van der Waals surface area contributed by atoms with Crippen LogP contribution in [0.5, 0.6) is 0 Å². The molecule has 0 heterocycles. The molecule has 0 aliphatic carbocycles. The van der Waals surface area contributed by atoms with Crippen LogP contribution in [0.3, 0.4) is 0 Å². The van der Waals surface area contributed by atoms with Crippen molar-refractivity contribution in [2.75, 3.05) is 25.1 Å². The monoisotopic (exact) mass is 283 g/mol. The Kier molecular flexibility index (Phi) is 5.42. The van der Waals surface area contributed by atoms with Gasteiger partial charge in [0.05, 0.1) is 17.1 Å². The van der Waals surface area contributed by atoms with Crippen LogP contribution in [0, 0.1) is 10.1 Å². The van der Waals surface area contributed by atoms with Crippen LogP contribution in [0.15, 0.2) is 18.2 Å². The Morgan fingerprint density at radius 1 is 1.45 bits per heavy atom. The highest BCUT2D eigenvalue weighted by Crippen LogP contribution is 2.25. The van der Waals surface area contributed by atoms with Gasteiger partial charge in [-0.25, -0.2) is 4.79 Å². The summed E-state index contributed by atoms with van der Waals surface area (Å²) in [6.45, 7) is 0.100. The van der Waals surface area contributed by atoms with E-state index in [0.29, 0.717) is 0 Å². The first-order valence-electron chi connectivity index (χ1n) is 5.53. The van der Waals surface area contributed by atoms with E-state index in [1.165, 1.54) is 12.1 Å². The number of hydrogen-bond donors (Lipinski definition) is 3. The van der Waals surface area contributed by atoms with Gasteiger partial charge in [-0.1, -0.05) is 0 Å².